The van der Waals surface area contributed by atoms with Crippen LogP contribution in [0.5, 0.6) is 5.75 Å². The van der Waals surface area contributed by atoms with Crippen LogP contribution in [0.1, 0.15) is 6.92 Å². The fourth-order valence-electron chi connectivity index (χ4n) is 2.35. The van der Waals surface area contributed by atoms with Gasteiger partial charge in [0.2, 0.25) is 5.91 Å². The number of hydrogen-bond acceptors (Lipinski definition) is 5. The van der Waals surface area contributed by atoms with Gasteiger partial charge < -0.3 is 25.6 Å². The minimum absolute atomic E-state index is 0. The van der Waals surface area contributed by atoms with Crippen LogP contribution in [-0.2, 0) is 14.4 Å². The quantitative estimate of drug-likeness (QED) is 0.584. The lowest BCUT2D eigenvalue weighted by Gasteiger charge is -2.32. The number of carbonyl (C=O) groups is 3. The number of piperazine rings is 1. The first-order chi connectivity index (χ1) is 11.0. The van der Waals surface area contributed by atoms with Crippen LogP contribution < -0.4 is 15.8 Å². The number of nitrogens with two attached hydrogens (primary N) is 1. The van der Waals surface area contributed by atoms with E-state index >= 15 is 0 Å². The number of nitrogen functional groups attached to an aromatic ring is 1. The molecule has 1 aliphatic rings. The molecule has 0 unspecified atom stereocenters. The molecule has 2 rings (SSSR count). The van der Waals surface area contributed by atoms with Crippen LogP contribution in [0.4, 0.5) is 11.4 Å². The van der Waals surface area contributed by atoms with Gasteiger partial charge in [0.15, 0.2) is 0 Å². The van der Waals surface area contributed by atoms with E-state index in [1.165, 1.54) is 16.9 Å². The van der Waals surface area contributed by atoms with Crippen LogP contribution in [0.25, 0.3) is 0 Å². The monoisotopic (exact) mass is 356 g/mol. The molecular formula is C15H21ClN4O4. The number of ether oxygens (including phenoxy) is 1. The van der Waals surface area contributed by atoms with Crippen LogP contribution in [0.15, 0.2) is 18.2 Å². The average molecular weight is 357 g/mol. The number of benzene rings is 1. The van der Waals surface area contributed by atoms with Crippen LogP contribution >= 0.6 is 12.4 Å². The minimum atomic E-state index is -0.650. The molecule has 0 saturated carbocycles. The molecule has 0 spiro atoms. The number of hydrogen-bond donors (Lipinski definition) is 2. The summed E-state index contributed by atoms with van der Waals surface area (Å²) in [5.41, 5.74) is 6.67. The highest BCUT2D eigenvalue weighted by Gasteiger charge is 2.32. The number of likely N-dealkylation sites (N-methyl/N-ethyl adjacent to an activating group) is 1. The van der Waals surface area contributed by atoms with Gasteiger partial charge in [-0.25, -0.2) is 0 Å². The molecule has 0 atom stereocenters. The number of amides is 3. The summed E-state index contributed by atoms with van der Waals surface area (Å²) in [5, 5.41) is 2.65. The van der Waals surface area contributed by atoms with Gasteiger partial charge in [0, 0.05) is 25.3 Å². The molecule has 0 bridgehead atoms. The standard InChI is InChI=1S/C15H20N4O4.ClH/c1-3-18-6-7-19(15(22)14(18)21)9-13(20)17-10-4-5-12(23-2)11(16)8-10;/h4-5,8H,3,6-7,9,16H2,1-2H3,(H,17,20);1H. The maximum atomic E-state index is 12.0. The van der Waals surface area contributed by atoms with Gasteiger partial charge in [-0.05, 0) is 25.1 Å². The normalized spacial score (nSPS) is 14.2. The summed E-state index contributed by atoms with van der Waals surface area (Å²) in [6, 6.07) is 4.85. The van der Waals surface area contributed by atoms with Crippen molar-refractivity contribution in [1.29, 1.82) is 0 Å². The SMILES string of the molecule is CCN1CCN(CC(=O)Nc2ccc(OC)c(N)c2)C(=O)C1=O.Cl. The number of halogens is 1. The highest BCUT2D eigenvalue weighted by Crippen LogP contribution is 2.24. The second kappa shape index (κ2) is 8.39. The Balaban J connectivity index is 0.00000288. The third kappa shape index (κ3) is 4.29. The molecule has 0 radical (unpaired) electrons. The Morgan fingerprint density at radius 3 is 2.46 bits per heavy atom. The van der Waals surface area contributed by atoms with E-state index in [2.05, 4.69) is 5.32 Å². The fourth-order valence-corrected chi connectivity index (χ4v) is 2.35. The van der Waals surface area contributed by atoms with Crippen LogP contribution in [0, 0.1) is 0 Å². The van der Waals surface area contributed by atoms with E-state index in [9.17, 15) is 14.4 Å². The topological polar surface area (TPSA) is 105 Å². The molecular weight excluding hydrogens is 336 g/mol. The van der Waals surface area contributed by atoms with E-state index in [0.717, 1.165) is 0 Å². The first-order valence-electron chi connectivity index (χ1n) is 7.27. The van der Waals surface area contributed by atoms with Crippen molar-refractivity contribution < 1.29 is 19.1 Å². The molecule has 9 heteroatoms. The molecule has 8 nitrogen and oxygen atoms in total. The molecule has 3 N–H and O–H groups in total. The maximum absolute atomic E-state index is 12.0. The Hall–Kier alpha value is -2.48. The number of methoxy groups -OCH3 is 1. The number of nitrogens with one attached hydrogen (secondary N) is 1. The van der Waals surface area contributed by atoms with E-state index in [4.69, 9.17) is 10.5 Å². The van der Waals surface area contributed by atoms with Gasteiger partial charge in [0.05, 0.1) is 12.8 Å². The Morgan fingerprint density at radius 2 is 1.88 bits per heavy atom. The third-order valence-corrected chi connectivity index (χ3v) is 3.63. The third-order valence-electron chi connectivity index (χ3n) is 3.63. The van der Waals surface area contributed by atoms with Crippen LogP contribution in [0.2, 0.25) is 0 Å². The van der Waals surface area contributed by atoms with Gasteiger partial charge in [-0.2, -0.15) is 0 Å². The number of anilines is 2. The Labute approximate surface area is 146 Å². The van der Waals surface area contributed by atoms with Gasteiger partial charge in [-0.1, -0.05) is 0 Å². The lowest BCUT2D eigenvalue weighted by molar-refractivity contribution is -0.156. The van der Waals surface area contributed by atoms with Crippen LogP contribution in [-0.4, -0.2) is 60.8 Å². The first-order valence-corrected chi connectivity index (χ1v) is 7.27. The lowest BCUT2D eigenvalue weighted by atomic mass is 10.2. The second-order valence-corrected chi connectivity index (χ2v) is 5.12. The summed E-state index contributed by atoms with van der Waals surface area (Å²) in [6.07, 6.45) is 0. The van der Waals surface area contributed by atoms with Crippen molar-refractivity contribution in [3.05, 3.63) is 18.2 Å². The zero-order valence-electron chi connectivity index (χ0n) is 13.6. The summed E-state index contributed by atoms with van der Waals surface area (Å²) in [6.45, 7) is 2.89. The van der Waals surface area contributed by atoms with E-state index in [1.807, 2.05) is 6.92 Å². The van der Waals surface area contributed by atoms with Crippen molar-refractivity contribution in [2.24, 2.45) is 0 Å². The summed E-state index contributed by atoms with van der Waals surface area (Å²) in [5.74, 6) is -1.09. The summed E-state index contributed by atoms with van der Waals surface area (Å²) in [7, 11) is 1.50. The molecule has 1 aromatic rings. The number of rotatable bonds is 5. The molecule has 1 fully saturated rings. The van der Waals surface area contributed by atoms with Gasteiger partial charge >= 0.3 is 11.8 Å². The molecule has 1 aromatic carbocycles. The van der Waals surface area contributed by atoms with Crippen molar-refractivity contribution in [3.63, 3.8) is 0 Å². The van der Waals surface area contributed by atoms with E-state index in [-0.39, 0.29) is 24.9 Å². The Bertz CT molecular complexity index is 638. The predicted molar refractivity (Wildman–Crippen MR) is 92.1 cm³/mol. The summed E-state index contributed by atoms with van der Waals surface area (Å²) < 4.78 is 5.04. The molecule has 1 saturated heterocycles. The molecule has 0 aromatic heterocycles. The Morgan fingerprint density at radius 1 is 1.25 bits per heavy atom. The van der Waals surface area contributed by atoms with Crippen molar-refractivity contribution >= 4 is 41.5 Å². The summed E-state index contributed by atoms with van der Waals surface area (Å²) >= 11 is 0. The highest BCUT2D eigenvalue weighted by molar-refractivity contribution is 6.35. The van der Waals surface area contributed by atoms with E-state index in [1.54, 1.807) is 18.2 Å². The van der Waals surface area contributed by atoms with Crippen molar-refractivity contribution in [3.8, 4) is 5.75 Å². The molecule has 1 heterocycles. The zero-order valence-corrected chi connectivity index (χ0v) is 14.4. The smallest absolute Gasteiger partial charge is 0.312 e. The fraction of sp³-hybridized carbons (Fsp3) is 0.400. The number of carbonyl (C=O) groups excluding carboxylic acids is 3. The summed E-state index contributed by atoms with van der Waals surface area (Å²) in [4.78, 5) is 38.5. The van der Waals surface area contributed by atoms with Crippen molar-refractivity contribution in [2.75, 3.05) is 44.3 Å². The van der Waals surface area contributed by atoms with Crippen molar-refractivity contribution in [2.45, 2.75) is 6.92 Å². The van der Waals surface area contributed by atoms with Gasteiger partial charge in [0.25, 0.3) is 0 Å². The van der Waals surface area contributed by atoms with Gasteiger partial charge in [0.1, 0.15) is 12.3 Å². The van der Waals surface area contributed by atoms with Gasteiger partial charge in [-0.15, -0.1) is 12.4 Å². The molecule has 24 heavy (non-hydrogen) atoms. The molecule has 132 valence electrons. The predicted octanol–water partition coefficient (Wildman–Crippen LogP) is 0.328. The maximum Gasteiger partial charge on any atom is 0.312 e. The highest BCUT2D eigenvalue weighted by atomic mass is 35.5. The molecule has 1 aliphatic heterocycles. The zero-order chi connectivity index (χ0) is 17.0. The minimum Gasteiger partial charge on any atom is -0.495 e. The van der Waals surface area contributed by atoms with E-state index < -0.39 is 11.8 Å². The number of nitrogens with zero attached hydrogens (tertiary/aromatic N) is 2. The van der Waals surface area contributed by atoms with Crippen molar-refractivity contribution in [1.82, 2.24) is 9.80 Å². The van der Waals surface area contributed by atoms with E-state index in [0.29, 0.717) is 36.8 Å². The molecule has 3 amide bonds. The van der Waals surface area contributed by atoms with Gasteiger partial charge in [-0.3, -0.25) is 14.4 Å². The first kappa shape index (κ1) is 19.6. The largest absolute Gasteiger partial charge is 0.495 e. The second-order valence-electron chi connectivity index (χ2n) is 5.12. The molecule has 0 aliphatic carbocycles. The van der Waals surface area contributed by atoms with Crippen LogP contribution in [0.3, 0.4) is 0 Å². The lowest BCUT2D eigenvalue weighted by Crippen LogP contribution is -2.55. The Kier molecular flexibility index (Phi) is 6.84. The average Bonchev–Trinajstić information content (AvgIpc) is 2.52.